The molecule has 0 unspecified atom stereocenters. The van der Waals surface area contributed by atoms with Gasteiger partial charge in [-0.05, 0) is 86.7 Å². The second kappa shape index (κ2) is 21.9. The van der Waals surface area contributed by atoms with Gasteiger partial charge in [0.05, 0.1) is 0 Å². The van der Waals surface area contributed by atoms with E-state index in [0.29, 0.717) is 0 Å². The van der Waals surface area contributed by atoms with E-state index in [1.165, 1.54) is 77.4 Å². The van der Waals surface area contributed by atoms with E-state index in [9.17, 15) is 0 Å². The molecule has 0 atom stereocenters. The van der Waals surface area contributed by atoms with Gasteiger partial charge in [0.2, 0.25) is 0 Å². The maximum atomic E-state index is 2.48. The van der Waals surface area contributed by atoms with Crippen LogP contribution in [0.1, 0.15) is 84.6 Å². The van der Waals surface area contributed by atoms with Gasteiger partial charge in [-0.15, -0.1) is 0 Å². The molecule has 1 aliphatic carbocycles. The van der Waals surface area contributed by atoms with E-state index in [4.69, 9.17) is 0 Å². The van der Waals surface area contributed by atoms with Crippen LogP contribution in [0.5, 0.6) is 0 Å². The molecule has 0 spiro atoms. The highest BCUT2D eigenvalue weighted by Gasteiger charge is 2.21. The van der Waals surface area contributed by atoms with Crippen LogP contribution in [0.2, 0.25) is 0 Å². The van der Waals surface area contributed by atoms with Gasteiger partial charge in [-0.1, -0.05) is 214 Å². The summed E-state index contributed by atoms with van der Waals surface area (Å²) in [6.45, 7) is 19.1. The predicted octanol–water partition coefficient (Wildman–Crippen LogP) is 16.1. The highest BCUT2D eigenvalue weighted by atomic mass is 15.0. The monoisotopic (exact) mass is 723 g/mol. The summed E-state index contributed by atoms with van der Waals surface area (Å²) in [6, 6.07) is 61.2. The number of fused-ring (bicyclic) bond motifs is 6. The molecular formula is C54H61N. The molecule has 0 fully saturated rings. The lowest BCUT2D eigenvalue weighted by molar-refractivity contribution is 0.858. The third kappa shape index (κ3) is 9.72. The molecule has 0 aliphatic heterocycles. The second-order valence-corrected chi connectivity index (χ2v) is 12.4. The molecular weight excluding hydrogens is 663 g/mol. The van der Waals surface area contributed by atoms with Crippen molar-refractivity contribution in [2.45, 2.75) is 81.7 Å². The molecule has 1 heteroatoms. The zero-order chi connectivity index (χ0) is 39.6. The molecule has 0 amide bonds. The third-order valence-electron chi connectivity index (χ3n) is 9.57. The topological polar surface area (TPSA) is 4.93 Å². The van der Waals surface area contributed by atoms with Crippen LogP contribution in [0.25, 0.3) is 55.2 Å². The molecule has 8 aromatic rings. The van der Waals surface area contributed by atoms with Gasteiger partial charge in [-0.3, -0.25) is 0 Å². The summed E-state index contributed by atoms with van der Waals surface area (Å²) >= 11 is 0. The van der Waals surface area contributed by atoms with Crippen LogP contribution >= 0.6 is 0 Å². The van der Waals surface area contributed by atoms with Crippen LogP contribution in [-0.4, -0.2) is 4.57 Å². The summed E-state index contributed by atoms with van der Waals surface area (Å²) in [5.41, 5.74) is 16.3. The van der Waals surface area contributed by atoms with Gasteiger partial charge in [0, 0.05) is 28.4 Å². The Morgan fingerprint density at radius 1 is 0.418 bits per heavy atom. The molecule has 7 aromatic carbocycles. The number of nitrogens with zero attached hydrogens (tertiary/aromatic N) is 1. The number of hydrogen-bond donors (Lipinski definition) is 0. The zero-order valence-electron chi connectivity index (χ0n) is 34.7. The van der Waals surface area contributed by atoms with Gasteiger partial charge < -0.3 is 4.57 Å². The van der Waals surface area contributed by atoms with Crippen molar-refractivity contribution >= 4 is 21.8 Å². The Bertz CT molecular complexity index is 2220. The van der Waals surface area contributed by atoms with Crippen LogP contribution in [0.4, 0.5) is 0 Å². The van der Waals surface area contributed by atoms with Crippen molar-refractivity contribution in [3.8, 4) is 33.4 Å². The minimum absolute atomic E-state index is 0.908. The van der Waals surface area contributed by atoms with E-state index < -0.39 is 0 Å². The SMILES string of the molecule is CC.CC.CC.CC.CCc1cc(-c2ccccc2)cc(-c2ccccc2)c1.c1ccc2c(c1)Cc1c(Cn3c4ccccc4c4ccccc43)cccc1-2. The minimum Gasteiger partial charge on any atom is -0.336 e. The molecule has 1 aromatic heterocycles. The van der Waals surface area contributed by atoms with Crippen LogP contribution in [0.3, 0.4) is 0 Å². The van der Waals surface area contributed by atoms with Crippen LogP contribution in [-0.2, 0) is 19.4 Å². The molecule has 0 saturated heterocycles. The first-order valence-electron chi connectivity index (χ1n) is 20.7. The maximum Gasteiger partial charge on any atom is 0.0494 e. The van der Waals surface area contributed by atoms with Crippen LogP contribution in [0.15, 0.2) is 170 Å². The largest absolute Gasteiger partial charge is 0.336 e. The number of rotatable bonds is 5. The smallest absolute Gasteiger partial charge is 0.0494 e. The van der Waals surface area contributed by atoms with Crippen molar-refractivity contribution in [3.63, 3.8) is 0 Å². The average Bonchev–Trinajstić information content (AvgIpc) is 3.83. The summed E-state index contributed by atoms with van der Waals surface area (Å²) in [5.74, 6) is 0. The van der Waals surface area contributed by atoms with E-state index in [0.717, 1.165) is 19.4 Å². The molecule has 282 valence electrons. The maximum absolute atomic E-state index is 2.48. The lowest BCUT2D eigenvalue weighted by atomic mass is 9.95. The Balaban J connectivity index is 0.000000214. The van der Waals surface area contributed by atoms with E-state index in [1.807, 2.05) is 55.4 Å². The molecule has 1 aliphatic rings. The lowest BCUT2D eigenvalue weighted by Gasteiger charge is -2.12. The van der Waals surface area contributed by atoms with Crippen molar-refractivity contribution in [2.75, 3.05) is 0 Å². The summed E-state index contributed by atoms with van der Waals surface area (Å²) in [4.78, 5) is 0. The first-order chi connectivity index (χ1) is 27.3. The Kier molecular flexibility index (Phi) is 16.8. The zero-order valence-corrected chi connectivity index (χ0v) is 34.7. The Labute approximate surface area is 332 Å². The molecule has 0 saturated carbocycles. The van der Waals surface area contributed by atoms with Crippen molar-refractivity contribution in [3.05, 3.63) is 192 Å². The highest BCUT2D eigenvalue weighted by Crippen LogP contribution is 2.39. The summed E-state index contributed by atoms with van der Waals surface area (Å²) in [6.07, 6.45) is 2.10. The Hall–Kier alpha value is -5.66. The predicted molar refractivity (Wildman–Crippen MR) is 245 cm³/mol. The molecule has 9 rings (SSSR count). The third-order valence-corrected chi connectivity index (χ3v) is 9.57. The van der Waals surface area contributed by atoms with Gasteiger partial charge in [0.25, 0.3) is 0 Å². The highest BCUT2D eigenvalue weighted by molar-refractivity contribution is 6.08. The van der Waals surface area contributed by atoms with Gasteiger partial charge in [0.1, 0.15) is 0 Å². The normalized spacial score (nSPS) is 10.3. The van der Waals surface area contributed by atoms with Crippen molar-refractivity contribution in [2.24, 2.45) is 0 Å². The fourth-order valence-electron chi connectivity index (χ4n) is 7.21. The number of aromatic nitrogens is 1. The number of hydrogen-bond acceptors (Lipinski definition) is 0. The number of aryl methyl sites for hydroxylation is 1. The molecule has 0 radical (unpaired) electrons. The van der Waals surface area contributed by atoms with Crippen molar-refractivity contribution < 1.29 is 0 Å². The fraction of sp³-hybridized carbons (Fsp3) is 0.222. The minimum atomic E-state index is 0.908. The van der Waals surface area contributed by atoms with E-state index >= 15 is 0 Å². The number of para-hydroxylation sites is 2. The van der Waals surface area contributed by atoms with Crippen molar-refractivity contribution in [1.82, 2.24) is 4.57 Å². The first kappa shape index (κ1) is 42.1. The standard InChI is InChI=1S/C26H19N.C20H18.4C2H6/c1-2-10-20-18(8-1)16-24-19(9-7-13-21(20)24)17-27-25-14-5-3-11-22(25)23-12-4-6-15-26(23)27;1-2-16-13-19(17-9-5-3-6-10-17)15-20(14-16)18-11-7-4-8-12-18;4*1-2/h1-15H,16-17H2;3-15H,2H2,1H3;4*1-2H3. The summed E-state index contributed by atoms with van der Waals surface area (Å²) < 4.78 is 2.48. The van der Waals surface area contributed by atoms with E-state index in [1.54, 1.807) is 0 Å². The van der Waals surface area contributed by atoms with Gasteiger partial charge in [0.15, 0.2) is 0 Å². The molecule has 1 nitrogen and oxygen atoms in total. The Morgan fingerprint density at radius 2 is 0.873 bits per heavy atom. The van der Waals surface area contributed by atoms with Gasteiger partial charge >= 0.3 is 0 Å². The molecule has 0 bridgehead atoms. The van der Waals surface area contributed by atoms with Crippen LogP contribution in [0, 0.1) is 0 Å². The van der Waals surface area contributed by atoms with Crippen LogP contribution < -0.4 is 0 Å². The van der Waals surface area contributed by atoms with Crippen molar-refractivity contribution in [1.29, 1.82) is 0 Å². The quantitative estimate of drug-likeness (QED) is 0.167. The number of benzene rings is 7. The Morgan fingerprint density at radius 3 is 1.40 bits per heavy atom. The molecule has 1 heterocycles. The second-order valence-electron chi connectivity index (χ2n) is 12.4. The van der Waals surface area contributed by atoms with Gasteiger partial charge in [-0.25, -0.2) is 0 Å². The molecule has 55 heavy (non-hydrogen) atoms. The summed E-state index contributed by atoms with van der Waals surface area (Å²) in [5, 5.41) is 2.67. The first-order valence-corrected chi connectivity index (χ1v) is 20.7. The summed E-state index contributed by atoms with van der Waals surface area (Å²) in [7, 11) is 0. The fourth-order valence-corrected chi connectivity index (χ4v) is 7.21. The van der Waals surface area contributed by atoms with E-state index in [-0.39, 0.29) is 0 Å². The van der Waals surface area contributed by atoms with Gasteiger partial charge in [-0.2, -0.15) is 0 Å². The lowest BCUT2D eigenvalue weighted by Crippen LogP contribution is -2.02. The van der Waals surface area contributed by atoms with E-state index in [2.05, 4.69) is 181 Å². The average molecular weight is 724 g/mol. The molecule has 0 N–H and O–H groups in total.